The molecule has 0 aromatic carbocycles. The van der Waals surface area contributed by atoms with Crippen molar-refractivity contribution in [3.63, 3.8) is 0 Å². The SMILES string of the molecule is CC/C=C\C/C=C\C/C=C\C/C=C\CCCCCCCCC(=O)OCC(COP(=O)(O)OCC(O)COP(=O)(O)OCC(COC(=O)CCCCCCCC/C=C\C/C=C\C/C=C\CCCCC)OC(=O)CCCCCCCCC/C=C\C/C=C\C/C=C\CC)OC(=O)CCCCCCC/C=C\CCCC. The van der Waals surface area contributed by atoms with Gasteiger partial charge in [-0.25, -0.2) is 9.13 Å². The number of carbonyl (C=O) groups excluding carboxylic acids is 4. The summed E-state index contributed by atoms with van der Waals surface area (Å²) in [6, 6.07) is 0. The predicted octanol–water partition coefficient (Wildman–Crippen LogP) is 24.4. The van der Waals surface area contributed by atoms with Crippen LogP contribution in [0.15, 0.2) is 134 Å². The number of rotatable bonds is 77. The number of allylic oxidation sites excluding steroid dienone is 22. The molecule has 0 rings (SSSR count). The van der Waals surface area contributed by atoms with Gasteiger partial charge in [0.05, 0.1) is 26.4 Å². The van der Waals surface area contributed by atoms with Crippen molar-refractivity contribution >= 4 is 39.5 Å². The number of aliphatic hydroxyl groups is 1. The van der Waals surface area contributed by atoms with Crippen LogP contribution in [0.5, 0.6) is 0 Å². The van der Waals surface area contributed by atoms with E-state index in [1.807, 2.05) is 0 Å². The fraction of sp³-hybridized carbons (Fsp3) is 0.701. The summed E-state index contributed by atoms with van der Waals surface area (Å²) in [7, 11) is -9.97. The molecule has 0 aliphatic carbocycles. The van der Waals surface area contributed by atoms with Gasteiger partial charge in [-0.2, -0.15) is 0 Å². The third-order valence-electron chi connectivity index (χ3n) is 17.1. The molecule has 0 saturated heterocycles. The summed E-state index contributed by atoms with van der Waals surface area (Å²) in [6.45, 7) is 4.56. The van der Waals surface area contributed by atoms with E-state index in [-0.39, 0.29) is 25.7 Å². The summed E-state index contributed by atoms with van der Waals surface area (Å²) >= 11 is 0. The van der Waals surface area contributed by atoms with Crippen molar-refractivity contribution in [3.8, 4) is 0 Å². The van der Waals surface area contributed by atoms with Gasteiger partial charge in [0.25, 0.3) is 0 Å². The molecule has 17 nitrogen and oxygen atoms in total. The summed E-state index contributed by atoms with van der Waals surface area (Å²) in [5, 5.41) is 10.7. The zero-order valence-electron chi connectivity index (χ0n) is 66.6. The first-order valence-corrected chi connectivity index (χ1v) is 44.4. The van der Waals surface area contributed by atoms with Crippen LogP contribution in [0.3, 0.4) is 0 Å². The second-order valence-electron chi connectivity index (χ2n) is 27.3. The van der Waals surface area contributed by atoms with Crippen molar-refractivity contribution in [3.05, 3.63) is 134 Å². The first-order valence-electron chi connectivity index (χ1n) is 41.4. The molecular weight excluding hydrogens is 1380 g/mol. The molecule has 0 heterocycles. The Morgan fingerprint density at radius 3 is 0.792 bits per heavy atom. The van der Waals surface area contributed by atoms with Crippen LogP contribution < -0.4 is 0 Å². The van der Waals surface area contributed by atoms with Crippen LogP contribution in [-0.4, -0.2) is 96.7 Å². The number of hydrogen-bond donors (Lipinski definition) is 3. The zero-order valence-corrected chi connectivity index (χ0v) is 68.4. The minimum atomic E-state index is -4.99. The Balaban J connectivity index is 5.35. The Morgan fingerprint density at radius 1 is 0.274 bits per heavy atom. The van der Waals surface area contributed by atoms with Gasteiger partial charge in [0.15, 0.2) is 12.2 Å². The Labute approximate surface area is 644 Å². The van der Waals surface area contributed by atoms with E-state index in [1.54, 1.807) is 0 Å². The number of phosphoric acid groups is 2. The first kappa shape index (κ1) is 101. The quantitative estimate of drug-likeness (QED) is 0.0169. The number of phosphoric ester groups is 2. The average molecular weight is 1530 g/mol. The van der Waals surface area contributed by atoms with Crippen molar-refractivity contribution < 1.29 is 80.2 Å². The van der Waals surface area contributed by atoms with E-state index in [9.17, 15) is 43.2 Å². The predicted molar refractivity (Wildman–Crippen MR) is 436 cm³/mol. The van der Waals surface area contributed by atoms with Crippen LogP contribution in [0, 0.1) is 0 Å². The minimum absolute atomic E-state index is 0.0780. The molecule has 19 heteroatoms. The average Bonchev–Trinajstić information content (AvgIpc) is 0.901. The largest absolute Gasteiger partial charge is 0.472 e. The molecule has 0 saturated carbocycles. The molecule has 5 atom stereocenters. The van der Waals surface area contributed by atoms with Crippen LogP contribution >= 0.6 is 15.6 Å². The van der Waals surface area contributed by atoms with Crippen molar-refractivity contribution in [1.82, 2.24) is 0 Å². The topological polar surface area (TPSA) is 237 Å². The fourth-order valence-corrected chi connectivity index (χ4v) is 12.4. The van der Waals surface area contributed by atoms with Gasteiger partial charge < -0.3 is 33.8 Å². The van der Waals surface area contributed by atoms with Crippen LogP contribution in [0.2, 0.25) is 0 Å². The molecule has 0 radical (unpaired) electrons. The lowest BCUT2D eigenvalue weighted by molar-refractivity contribution is -0.161. The van der Waals surface area contributed by atoms with Crippen LogP contribution in [0.4, 0.5) is 0 Å². The highest BCUT2D eigenvalue weighted by Gasteiger charge is 2.30. The van der Waals surface area contributed by atoms with Gasteiger partial charge in [-0.15, -0.1) is 0 Å². The number of ether oxygens (including phenoxy) is 4. The lowest BCUT2D eigenvalue weighted by atomic mass is 10.1. The number of carbonyl (C=O) groups is 4. The molecule has 5 unspecified atom stereocenters. The maximum Gasteiger partial charge on any atom is 0.472 e. The Hall–Kier alpha value is -4.80. The molecule has 0 spiro atoms. The van der Waals surface area contributed by atoms with Crippen LogP contribution in [0.1, 0.15) is 336 Å². The normalized spacial score (nSPS) is 14.5. The van der Waals surface area contributed by atoms with Gasteiger partial charge in [0.1, 0.15) is 19.3 Å². The third-order valence-corrected chi connectivity index (χ3v) is 19.0. The van der Waals surface area contributed by atoms with Gasteiger partial charge in [0.2, 0.25) is 0 Å². The van der Waals surface area contributed by atoms with E-state index < -0.39 is 97.5 Å². The van der Waals surface area contributed by atoms with Crippen molar-refractivity contribution in [2.75, 3.05) is 39.6 Å². The standard InChI is InChI=1S/C87H148O17P2/c1-5-9-13-17-21-25-29-32-35-38-40-43-45-48-52-55-59-63-67-71-84(89)97-77-82(103-86(91)73-69-65-61-57-51-28-24-20-16-12-8-4)79-101-105(93,94)99-75-81(88)76-100-106(95,96)102-80-83(104-87(92)74-70-66-62-58-54-50-47-42-37-34-31-27-23-19-15-11-7-3)78-98-85(90)72-68-64-60-56-53-49-46-44-41-39-36-33-30-26-22-18-14-10-6-2/h9,11,13,15,20-27,32-37,40-41,43-44,81-83,88H,5-8,10,12,14,16-19,28-31,38-39,42,45-80H2,1-4H3,(H,93,94)(H,95,96)/b13-9-,15-11-,24-20-,25-21-,26-22-,27-23-,35-32-,36-33-,37-34-,43-40-,44-41-. The monoisotopic (exact) mass is 1530 g/mol. The van der Waals surface area contributed by atoms with Crippen molar-refractivity contribution in [2.24, 2.45) is 0 Å². The van der Waals surface area contributed by atoms with Crippen molar-refractivity contribution in [2.45, 2.75) is 354 Å². The van der Waals surface area contributed by atoms with Gasteiger partial charge in [-0.3, -0.25) is 37.3 Å². The maximum atomic E-state index is 13.1. The fourth-order valence-electron chi connectivity index (χ4n) is 10.8. The molecule has 0 aliphatic rings. The molecule has 0 aromatic rings. The van der Waals surface area contributed by atoms with E-state index >= 15 is 0 Å². The van der Waals surface area contributed by atoms with Gasteiger partial charge >= 0.3 is 39.5 Å². The summed E-state index contributed by atoms with van der Waals surface area (Å²) in [6.07, 6.45) is 88.5. The van der Waals surface area contributed by atoms with E-state index in [4.69, 9.17) is 37.0 Å². The Bertz CT molecular complexity index is 2530. The summed E-state index contributed by atoms with van der Waals surface area (Å²) in [4.78, 5) is 73.1. The number of unbranched alkanes of at least 4 members (excludes halogenated alkanes) is 29. The number of aliphatic hydroxyl groups excluding tert-OH is 1. The number of hydrogen-bond acceptors (Lipinski definition) is 15. The first-order chi connectivity index (χ1) is 51.7. The minimum Gasteiger partial charge on any atom is -0.462 e. The second-order valence-corrected chi connectivity index (χ2v) is 30.2. The summed E-state index contributed by atoms with van der Waals surface area (Å²) < 4.78 is 68.7. The van der Waals surface area contributed by atoms with Crippen LogP contribution in [-0.2, 0) is 65.4 Å². The molecule has 0 amide bonds. The molecule has 0 aromatic heterocycles. The highest BCUT2D eigenvalue weighted by atomic mass is 31.2. The molecular formula is C87H148O17P2. The lowest BCUT2D eigenvalue weighted by Gasteiger charge is -2.21. The van der Waals surface area contributed by atoms with Crippen molar-refractivity contribution in [1.29, 1.82) is 0 Å². The van der Waals surface area contributed by atoms with E-state index in [0.717, 1.165) is 225 Å². The lowest BCUT2D eigenvalue weighted by Crippen LogP contribution is -2.30. The van der Waals surface area contributed by atoms with Gasteiger partial charge in [-0.1, -0.05) is 290 Å². The third kappa shape index (κ3) is 77.4. The summed E-state index contributed by atoms with van der Waals surface area (Å²) in [5.41, 5.74) is 0. The van der Waals surface area contributed by atoms with E-state index in [2.05, 4.69) is 161 Å². The molecule has 3 N–H and O–H groups in total. The van der Waals surface area contributed by atoms with Crippen LogP contribution in [0.25, 0.3) is 0 Å². The number of esters is 4. The molecule has 0 aliphatic heterocycles. The van der Waals surface area contributed by atoms with Gasteiger partial charge in [0, 0.05) is 25.7 Å². The molecule has 106 heavy (non-hydrogen) atoms. The summed E-state index contributed by atoms with van der Waals surface area (Å²) in [5.74, 6) is -2.22. The smallest absolute Gasteiger partial charge is 0.462 e. The zero-order chi connectivity index (χ0) is 77.4. The van der Waals surface area contributed by atoms with E-state index in [1.165, 1.54) is 32.1 Å². The molecule has 608 valence electrons. The van der Waals surface area contributed by atoms with Gasteiger partial charge in [-0.05, 0) is 154 Å². The van der Waals surface area contributed by atoms with E-state index in [0.29, 0.717) is 25.7 Å². The molecule has 0 bridgehead atoms. The Kier molecular flexibility index (Phi) is 74.8. The highest BCUT2D eigenvalue weighted by Crippen LogP contribution is 2.45. The second kappa shape index (κ2) is 78.3. The Morgan fingerprint density at radius 2 is 0.500 bits per heavy atom. The maximum absolute atomic E-state index is 13.1. The highest BCUT2D eigenvalue weighted by molar-refractivity contribution is 7.47. The molecule has 0 fully saturated rings.